The minimum atomic E-state index is -0.616. The first-order chi connectivity index (χ1) is 14.5. The Morgan fingerprint density at radius 1 is 0.767 bits per heavy atom. The van der Waals surface area contributed by atoms with Gasteiger partial charge >= 0.3 is 5.97 Å². The van der Waals surface area contributed by atoms with Crippen molar-refractivity contribution in [1.82, 2.24) is 0 Å². The number of hydrogen-bond acceptors (Lipinski definition) is 8. The summed E-state index contributed by atoms with van der Waals surface area (Å²) in [6, 6.07) is 19.2. The first-order valence-corrected chi connectivity index (χ1v) is 9.08. The van der Waals surface area contributed by atoms with Crippen molar-refractivity contribution in [3.05, 3.63) is 72.3 Å². The summed E-state index contributed by atoms with van der Waals surface area (Å²) in [6.07, 6.45) is 0. The van der Waals surface area contributed by atoms with Crippen LogP contribution in [0.1, 0.15) is 10.4 Å². The topological polar surface area (TPSA) is 99.2 Å². The number of esters is 1. The highest BCUT2D eigenvalue weighted by molar-refractivity contribution is 5.92. The van der Waals surface area contributed by atoms with Gasteiger partial charge in [-0.2, -0.15) is 20.5 Å². The Morgan fingerprint density at radius 2 is 1.20 bits per heavy atom. The van der Waals surface area contributed by atoms with Gasteiger partial charge in [0.1, 0.15) is 11.3 Å². The Balaban J connectivity index is 1.65. The van der Waals surface area contributed by atoms with Crippen LogP contribution in [0.5, 0.6) is 5.75 Å². The fourth-order valence-corrected chi connectivity index (χ4v) is 2.50. The summed E-state index contributed by atoms with van der Waals surface area (Å²) in [5.41, 5.74) is 3.63. The number of phenols is 1. The summed E-state index contributed by atoms with van der Waals surface area (Å²) >= 11 is 0. The van der Waals surface area contributed by atoms with Gasteiger partial charge in [-0.3, -0.25) is 0 Å². The molecule has 0 aromatic heterocycles. The minimum Gasteiger partial charge on any atom is -0.507 e. The molecule has 0 radical (unpaired) electrons. The standard InChI is InChI=1S/C22H21N5O3/c1-27(2)19-11-8-17(9-12-19)24-23-15-4-6-16(7-5-15)25-26-18-10-13-20(21(28)14-18)22(29)30-3/h4-14,28H,1-3H3. The van der Waals surface area contributed by atoms with E-state index in [1.54, 1.807) is 30.3 Å². The van der Waals surface area contributed by atoms with Crippen molar-refractivity contribution in [3.63, 3.8) is 0 Å². The predicted molar refractivity (Wildman–Crippen MR) is 115 cm³/mol. The number of rotatable bonds is 6. The van der Waals surface area contributed by atoms with Crippen molar-refractivity contribution in [2.45, 2.75) is 0 Å². The largest absolute Gasteiger partial charge is 0.507 e. The zero-order valence-electron chi connectivity index (χ0n) is 16.9. The maximum absolute atomic E-state index is 11.5. The van der Waals surface area contributed by atoms with E-state index in [2.05, 4.69) is 25.2 Å². The second-order valence-corrected chi connectivity index (χ2v) is 6.52. The lowest BCUT2D eigenvalue weighted by Gasteiger charge is -2.11. The van der Waals surface area contributed by atoms with Gasteiger partial charge in [-0.15, -0.1) is 0 Å². The maximum Gasteiger partial charge on any atom is 0.341 e. The fourth-order valence-electron chi connectivity index (χ4n) is 2.50. The molecule has 0 heterocycles. The van der Waals surface area contributed by atoms with E-state index < -0.39 is 5.97 Å². The van der Waals surface area contributed by atoms with E-state index >= 15 is 0 Å². The highest BCUT2D eigenvalue weighted by atomic mass is 16.5. The molecule has 0 amide bonds. The number of benzene rings is 3. The minimum absolute atomic E-state index is 0.0718. The molecule has 0 saturated carbocycles. The van der Waals surface area contributed by atoms with Crippen molar-refractivity contribution >= 4 is 34.4 Å². The summed E-state index contributed by atoms with van der Waals surface area (Å²) < 4.78 is 4.59. The molecule has 0 aliphatic rings. The van der Waals surface area contributed by atoms with Crippen molar-refractivity contribution in [2.75, 3.05) is 26.1 Å². The highest BCUT2D eigenvalue weighted by Crippen LogP contribution is 2.27. The summed E-state index contributed by atoms with van der Waals surface area (Å²) in [7, 11) is 5.21. The maximum atomic E-state index is 11.5. The van der Waals surface area contributed by atoms with Gasteiger partial charge in [0, 0.05) is 25.8 Å². The first kappa shape index (κ1) is 20.7. The van der Waals surface area contributed by atoms with Gasteiger partial charge in [0.05, 0.1) is 29.9 Å². The van der Waals surface area contributed by atoms with E-state index in [9.17, 15) is 9.90 Å². The summed E-state index contributed by atoms with van der Waals surface area (Å²) in [6.45, 7) is 0. The van der Waals surface area contributed by atoms with E-state index in [0.29, 0.717) is 17.1 Å². The molecule has 0 bridgehead atoms. The van der Waals surface area contributed by atoms with Gasteiger partial charge in [0.2, 0.25) is 0 Å². The van der Waals surface area contributed by atoms with Crippen LogP contribution in [0.3, 0.4) is 0 Å². The van der Waals surface area contributed by atoms with Crippen LogP contribution in [0.2, 0.25) is 0 Å². The number of methoxy groups -OCH3 is 1. The molecule has 8 heteroatoms. The number of hydrogen-bond donors (Lipinski definition) is 1. The van der Waals surface area contributed by atoms with Gasteiger partial charge in [0.15, 0.2) is 0 Å². The Labute approximate surface area is 174 Å². The molecule has 0 aliphatic carbocycles. The molecule has 3 aromatic rings. The molecule has 0 fully saturated rings. The Morgan fingerprint density at radius 3 is 1.63 bits per heavy atom. The molecular weight excluding hydrogens is 382 g/mol. The first-order valence-electron chi connectivity index (χ1n) is 9.08. The highest BCUT2D eigenvalue weighted by Gasteiger charge is 2.11. The molecular formula is C22H21N5O3. The normalized spacial score (nSPS) is 11.2. The van der Waals surface area contributed by atoms with Crippen LogP contribution in [0.25, 0.3) is 0 Å². The average molecular weight is 403 g/mol. The van der Waals surface area contributed by atoms with Gasteiger partial charge in [-0.05, 0) is 60.7 Å². The van der Waals surface area contributed by atoms with Gasteiger partial charge < -0.3 is 14.7 Å². The van der Waals surface area contributed by atoms with E-state index in [1.807, 2.05) is 43.3 Å². The molecule has 3 rings (SSSR count). The second kappa shape index (κ2) is 9.42. The van der Waals surface area contributed by atoms with Crippen molar-refractivity contribution in [3.8, 4) is 5.75 Å². The van der Waals surface area contributed by atoms with Crippen LogP contribution in [-0.4, -0.2) is 32.3 Å². The van der Waals surface area contributed by atoms with Crippen LogP contribution < -0.4 is 4.90 Å². The number of azo groups is 2. The van der Waals surface area contributed by atoms with Crippen LogP contribution in [-0.2, 0) is 4.74 Å². The lowest BCUT2D eigenvalue weighted by molar-refractivity contribution is 0.0597. The van der Waals surface area contributed by atoms with E-state index in [4.69, 9.17) is 0 Å². The van der Waals surface area contributed by atoms with E-state index in [1.165, 1.54) is 19.2 Å². The van der Waals surface area contributed by atoms with Gasteiger partial charge in [0.25, 0.3) is 0 Å². The SMILES string of the molecule is COC(=O)c1ccc(N=Nc2ccc(N=Nc3ccc(N(C)C)cc3)cc2)cc1O. The monoisotopic (exact) mass is 403 g/mol. The number of carbonyl (C=O) groups is 1. The van der Waals surface area contributed by atoms with Crippen LogP contribution in [0.15, 0.2) is 87.2 Å². The molecule has 0 saturated heterocycles. The molecule has 30 heavy (non-hydrogen) atoms. The Kier molecular flexibility index (Phi) is 6.49. The molecule has 0 spiro atoms. The Hall–Kier alpha value is -4.07. The predicted octanol–water partition coefficient (Wildman–Crippen LogP) is 6.08. The third-order valence-corrected chi connectivity index (χ3v) is 4.16. The number of anilines is 1. The number of carbonyl (C=O) groups excluding carboxylic acids is 1. The molecule has 1 N–H and O–H groups in total. The lowest BCUT2D eigenvalue weighted by Crippen LogP contribution is -2.07. The molecule has 0 atom stereocenters. The van der Waals surface area contributed by atoms with Crippen molar-refractivity contribution < 1.29 is 14.6 Å². The summed E-state index contributed by atoms with van der Waals surface area (Å²) in [5, 5.41) is 26.5. The quantitative estimate of drug-likeness (QED) is 0.398. The zero-order chi connectivity index (χ0) is 21.5. The molecule has 3 aromatic carbocycles. The van der Waals surface area contributed by atoms with Gasteiger partial charge in [-0.25, -0.2) is 4.79 Å². The Bertz CT molecular complexity index is 1070. The summed E-state index contributed by atoms with van der Waals surface area (Å²) in [4.78, 5) is 13.5. The number of aromatic hydroxyl groups is 1. The molecule has 8 nitrogen and oxygen atoms in total. The fraction of sp³-hybridized carbons (Fsp3) is 0.136. The van der Waals surface area contributed by atoms with E-state index in [-0.39, 0.29) is 11.3 Å². The van der Waals surface area contributed by atoms with Crippen molar-refractivity contribution in [1.29, 1.82) is 0 Å². The van der Waals surface area contributed by atoms with Crippen LogP contribution in [0.4, 0.5) is 28.4 Å². The zero-order valence-corrected chi connectivity index (χ0v) is 16.9. The van der Waals surface area contributed by atoms with Crippen LogP contribution >= 0.6 is 0 Å². The van der Waals surface area contributed by atoms with Gasteiger partial charge in [-0.1, -0.05) is 0 Å². The molecule has 152 valence electrons. The number of nitrogens with zero attached hydrogens (tertiary/aromatic N) is 5. The molecule has 0 unspecified atom stereocenters. The molecule has 0 aliphatic heterocycles. The smallest absolute Gasteiger partial charge is 0.341 e. The number of ether oxygens (including phenoxy) is 1. The third-order valence-electron chi connectivity index (χ3n) is 4.16. The number of phenolic OH excluding ortho intramolecular Hbond substituents is 1. The summed E-state index contributed by atoms with van der Waals surface area (Å²) in [5.74, 6) is -0.831. The van der Waals surface area contributed by atoms with E-state index in [0.717, 1.165) is 11.4 Å². The second-order valence-electron chi connectivity index (χ2n) is 6.52. The average Bonchev–Trinajstić information content (AvgIpc) is 2.76. The third kappa shape index (κ3) is 5.26. The lowest BCUT2D eigenvalue weighted by atomic mass is 10.2. The van der Waals surface area contributed by atoms with Crippen molar-refractivity contribution in [2.24, 2.45) is 20.5 Å². The van der Waals surface area contributed by atoms with Crippen LogP contribution in [0, 0.1) is 0 Å².